The van der Waals surface area contributed by atoms with Gasteiger partial charge in [-0.05, 0) is 46.9 Å². The molecule has 3 rings (SSSR count). The maximum Gasteiger partial charge on any atom is 0.118 e. The molecular weight excluding hydrogens is 258 g/mol. The minimum Gasteiger partial charge on any atom is -0.497 e. The summed E-state index contributed by atoms with van der Waals surface area (Å²) in [6.07, 6.45) is 0. The van der Waals surface area contributed by atoms with Gasteiger partial charge in [-0.3, -0.25) is 0 Å². The van der Waals surface area contributed by atoms with Crippen LogP contribution in [0.4, 0.5) is 0 Å². The van der Waals surface area contributed by atoms with E-state index < -0.39 is 0 Å². The van der Waals surface area contributed by atoms with Gasteiger partial charge in [0.05, 0.1) is 12.8 Å². The molecule has 0 atom stereocenters. The van der Waals surface area contributed by atoms with E-state index in [-0.39, 0.29) is 5.41 Å². The highest BCUT2D eigenvalue weighted by atomic mass is 16.5. The monoisotopic (exact) mass is 279 g/mol. The average molecular weight is 279 g/mol. The standard InChI is InChI=1S/C19H21NO/c1-19(2,3)17-15-7-5-6-8-16(15)20-18(17)13-9-11-14(21-4)12-10-13/h5-12,20H,1-4H3. The summed E-state index contributed by atoms with van der Waals surface area (Å²) in [6.45, 7) is 6.78. The molecule has 2 aromatic carbocycles. The molecule has 1 heterocycles. The quantitative estimate of drug-likeness (QED) is 0.690. The molecule has 1 aromatic heterocycles. The minimum atomic E-state index is 0.0782. The van der Waals surface area contributed by atoms with Crippen molar-refractivity contribution in [3.63, 3.8) is 0 Å². The number of rotatable bonds is 2. The molecule has 2 heteroatoms. The van der Waals surface area contributed by atoms with Crippen molar-refractivity contribution in [3.8, 4) is 17.0 Å². The largest absolute Gasteiger partial charge is 0.497 e. The van der Waals surface area contributed by atoms with Gasteiger partial charge in [0.15, 0.2) is 0 Å². The minimum absolute atomic E-state index is 0.0782. The van der Waals surface area contributed by atoms with Gasteiger partial charge in [-0.15, -0.1) is 0 Å². The molecule has 1 N–H and O–H groups in total. The smallest absolute Gasteiger partial charge is 0.118 e. The maximum atomic E-state index is 5.25. The van der Waals surface area contributed by atoms with Crippen molar-refractivity contribution >= 4 is 10.9 Å². The summed E-state index contributed by atoms with van der Waals surface area (Å²) in [6, 6.07) is 16.7. The molecule has 21 heavy (non-hydrogen) atoms. The van der Waals surface area contributed by atoms with E-state index in [1.165, 1.54) is 27.7 Å². The molecule has 0 aliphatic rings. The number of benzene rings is 2. The molecule has 0 bridgehead atoms. The number of nitrogens with one attached hydrogen (secondary N) is 1. The fourth-order valence-electron chi connectivity index (χ4n) is 2.90. The third kappa shape index (κ3) is 2.42. The van der Waals surface area contributed by atoms with E-state index in [4.69, 9.17) is 4.74 Å². The van der Waals surface area contributed by atoms with Crippen molar-refractivity contribution in [2.24, 2.45) is 0 Å². The normalized spacial score (nSPS) is 11.8. The van der Waals surface area contributed by atoms with E-state index in [9.17, 15) is 0 Å². The maximum absolute atomic E-state index is 5.25. The lowest BCUT2D eigenvalue weighted by atomic mass is 9.83. The molecule has 0 saturated heterocycles. The summed E-state index contributed by atoms with van der Waals surface area (Å²) in [5.74, 6) is 0.882. The van der Waals surface area contributed by atoms with Gasteiger partial charge < -0.3 is 9.72 Å². The third-order valence-electron chi connectivity index (χ3n) is 3.83. The fraction of sp³-hybridized carbons (Fsp3) is 0.263. The molecule has 0 fully saturated rings. The topological polar surface area (TPSA) is 25.0 Å². The molecule has 0 unspecified atom stereocenters. The Balaban J connectivity index is 2.25. The number of aromatic nitrogens is 1. The first-order valence-corrected chi connectivity index (χ1v) is 7.26. The lowest BCUT2D eigenvalue weighted by Crippen LogP contribution is -2.11. The SMILES string of the molecule is COc1ccc(-c2[nH]c3ccccc3c2C(C)(C)C)cc1. The first-order chi connectivity index (χ1) is 10.0. The van der Waals surface area contributed by atoms with E-state index in [0.29, 0.717) is 0 Å². The second-order valence-corrected chi connectivity index (χ2v) is 6.40. The Bertz CT molecular complexity index is 760. The highest BCUT2D eigenvalue weighted by Crippen LogP contribution is 2.38. The van der Waals surface area contributed by atoms with Gasteiger partial charge in [-0.2, -0.15) is 0 Å². The summed E-state index contributed by atoms with van der Waals surface area (Å²) >= 11 is 0. The lowest BCUT2D eigenvalue weighted by molar-refractivity contribution is 0.415. The van der Waals surface area contributed by atoms with Crippen LogP contribution < -0.4 is 4.74 Å². The van der Waals surface area contributed by atoms with Crippen molar-refractivity contribution < 1.29 is 4.74 Å². The number of methoxy groups -OCH3 is 1. The van der Waals surface area contributed by atoms with Gasteiger partial charge in [0.1, 0.15) is 5.75 Å². The Morgan fingerprint density at radius 2 is 1.57 bits per heavy atom. The molecule has 2 nitrogen and oxygen atoms in total. The van der Waals surface area contributed by atoms with Crippen molar-refractivity contribution in [2.45, 2.75) is 26.2 Å². The van der Waals surface area contributed by atoms with Crippen LogP contribution in [0.15, 0.2) is 48.5 Å². The lowest BCUT2D eigenvalue weighted by Gasteiger charge is -2.20. The van der Waals surface area contributed by atoms with Crippen molar-refractivity contribution in [2.75, 3.05) is 7.11 Å². The number of ether oxygens (including phenoxy) is 1. The van der Waals surface area contributed by atoms with Gasteiger partial charge in [0, 0.05) is 10.9 Å². The predicted molar refractivity (Wildman–Crippen MR) is 89.0 cm³/mol. The van der Waals surface area contributed by atoms with E-state index in [0.717, 1.165) is 5.75 Å². The molecule has 108 valence electrons. The van der Waals surface area contributed by atoms with Crippen molar-refractivity contribution in [1.82, 2.24) is 4.98 Å². The molecule has 0 aliphatic heterocycles. The summed E-state index contributed by atoms with van der Waals surface area (Å²) in [4.78, 5) is 3.58. The molecular formula is C19H21NO. The number of para-hydroxylation sites is 1. The molecule has 0 aliphatic carbocycles. The van der Waals surface area contributed by atoms with Crippen LogP contribution in [0.1, 0.15) is 26.3 Å². The zero-order valence-electron chi connectivity index (χ0n) is 13.0. The Labute approximate surface area is 125 Å². The van der Waals surface area contributed by atoms with Crippen molar-refractivity contribution in [1.29, 1.82) is 0 Å². The Hall–Kier alpha value is -2.22. The molecule has 0 amide bonds. The van der Waals surface area contributed by atoms with Gasteiger partial charge in [0.25, 0.3) is 0 Å². The van der Waals surface area contributed by atoms with Crippen LogP contribution in [0.2, 0.25) is 0 Å². The zero-order chi connectivity index (χ0) is 15.0. The Kier molecular flexibility index (Phi) is 3.25. The summed E-state index contributed by atoms with van der Waals surface area (Å²) in [7, 11) is 1.69. The van der Waals surface area contributed by atoms with Gasteiger partial charge >= 0.3 is 0 Å². The summed E-state index contributed by atoms with van der Waals surface area (Å²) < 4.78 is 5.25. The third-order valence-corrected chi connectivity index (χ3v) is 3.83. The van der Waals surface area contributed by atoms with Crippen LogP contribution >= 0.6 is 0 Å². The van der Waals surface area contributed by atoms with Crippen LogP contribution in [0.25, 0.3) is 22.2 Å². The second kappa shape index (κ2) is 4.96. The first kappa shape index (κ1) is 13.7. The van der Waals surface area contributed by atoms with Crippen molar-refractivity contribution in [3.05, 3.63) is 54.1 Å². The molecule has 0 spiro atoms. The highest BCUT2D eigenvalue weighted by Gasteiger charge is 2.23. The summed E-state index contributed by atoms with van der Waals surface area (Å²) in [5, 5.41) is 1.30. The molecule has 0 radical (unpaired) electrons. The van der Waals surface area contributed by atoms with Gasteiger partial charge in [-0.1, -0.05) is 39.0 Å². The Morgan fingerprint density at radius 1 is 0.905 bits per heavy atom. The number of hydrogen-bond acceptors (Lipinski definition) is 1. The van der Waals surface area contributed by atoms with E-state index in [1.54, 1.807) is 7.11 Å². The van der Waals surface area contributed by atoms with E-state index in [1.807, 2.05) is 12.1 Å². The number of fused-ring (bicyclic) bond motifs is 1. The number of H-pyrrole nitrogens is 1. The zero-order valence-corrected chi connectivity index (χ0v) is 13.0. The van der Waals surface area contributed by atoms with E-state index in [2.05, 4.69) is 62.2 Å². The van der Waals surface area contributed by atoms with E-state index >= 15 is 0 Å². The predicted octanol–water partition coefficient (Wildman–Crippen LogP) is 5.14. The molecule has 3 aromatic rings. The van der Waals surface area contributed by atoms with Gasteiger partial charge in [-0.25, -0.2) is 0 Å². The highest BCUT2D eigenvalue weighted by molar-refractivity contribution is 5.92. The Morgan fingerprint density at radius 3 is 2.19 bits per heavy atom. The average Bonchev–Trinajstić information content (AvgIpc) is 2.86. The number of hydrogen-bond donors (Lipinski definition) is 1. The van der Waals surface area contributed by atoms with Crippen LogP contribution in [-0.2, 0) is 5.41 Å². The van der Waals surface area contributed by atoms with Crippen LogP contribution in [-0.4, -0.2) is 12.1 Å². The molecule has 0 saturated carbocycles. The second-order valence-electron chi connectivity index (χ2n) is 6.40. The number of aromatic amines is 1. The van der Waals surface area contributed by atoms with Crippen LogP contribution in [0, 0.1) is 0 Å². The van der Waals surface area contributed by atoms with Gasteiger partial charge in [0.2, 0.25) is 0 Å². The summed E-state index contributed by atoms with van der Waals surface area (Å²) in [5.41, 5.74) is 5.02. The van der Waals surface area contributed by atoms with Crippen LogP contribution in [0.5, 0.6) is 5.75 Å². The van der Waals surface area contributed by atoms with Crippen LogP contribution in [0.3, 0.4) is 0 Å². The first-order valence-electron chi connectivity index (χ1n) is 7.26. The fourth-order valence-corrected chi connectivity index (χ4v) is 2.90.